The first-order valence-electron chi connectivity index (χ1n) is 9.13. The van der Waals surface area contributed by atoms with Gasteiger partial charge in [-0.1, -0.05) is 42.5 Å². The normalized spacial score (nSPS) is 16.6. The highest BCUT2D eigenvalue weighted by atomic mass is 16.5. The number of benzene rings is 2. The molecule has 0 bridgehead atoms. The van der Waals surface area contributed by atoms with Crippen LogP contribution < -0.4 is 10.1 Å². The monoisotopic (exact) mass is 361 g/mol. The van der Waals surface area contributed by atoms with Crippen molar-refractivity contribution in [3.8, 4) is 5.75 Å². The molecule has 4 rings (SSSR count). The number of nitrogens with one attached hydrogen (secondary N) is 1. The summed E-state index contributed by atoms with van der Waals surface area (Å²) < 4.78 is 7.60. The Morgan fingerprint density at radius 3 is 2.63 bits per heavy atom. The van der Waals surface area contributed by atoms with E-state index in [1.165, 1.54) is 11.3 Å². The molecular weight excluding hydrogens is 338 g/mol. The SMILES string of the molecule is COc1ccccc1NC(=O)CN1CCn2cccc2C1c1ccccc1. The number of methoxy groups -OCH3 is 1. The van der Waals surface area contributed by atoms with Gasteiger partial charge >= 0.3 is 0 Å². The number of ether oxygens (including phenoxy) is 1. The van der Waals surface area contributed by atoms with Crippen LogP contribution >= 0.6 is 0 Å². The number of hydrogen-bond acceptors (Lipinski definition) is 3. The summed E-state index contributed by atoms with van der Waals surface area (Å²) in [6, 6.07) is 22.1. The Balaban J connectivity index is 1.56. The van der Waals surface area contributed by atoms with Crippen LogP contribution in [0.5, 0.6) is 5.75 Å². The van der Waals surface area contributed by atoms with Crippen molar-refractivity contribution >= 4 is 11.6 Å². The lowest BCUT2D eigenvalue weighted by Crippen LogP contribution is -2.42. The quantitative estimate of drug-likeness (QED) is 0.756. The number of nitrogens with zero attached hydrogens (tertiary/aromatic N) is 2. The van der Waals surface area contributed by atoms with E-state index in [-0.39, 0.29) is 11.9 Å². The Bertz CT molecular complexity index is 920. The maximum absolute atomic E-state index is 12.8. The molecule has 0 saturated heterocycles. The molecule has 5 heteroatoms. The maximum Gasteiger partial charge on any atom is 0.238 e. The summed E-state index contributed by atoms with van der Waals surface area (Å²) in [5.41, 5.74) is 3.11. The summed E-state index contributed by atoms with van der Waals surface area (Å²) in [7, 11) is 1.61. The Morgan fingerprint density at radius 2 is 1.81 bits per heavy atom. The highest BCUT2D eigenvalue weighted by molar-refractivity contribution is 5.93. The molecule has 1 aliphatic heterocycles. The highest BCUT2D eigenvalue weighted by Crippen LogP contribution is 2.32. The number of hydrogen-bond donors (Lipinski definition) is 1. The van der Waals surface area contributed by atoms with Crippen molar-refractivity contribution in [1.29, 1.82) is 0 Å². The van der Waals surface area contributed by atoms with Gasteiger partial charge in [0.05, 0.1) is 25.4 Å². The first kappa shape index (κ1) is 17.4. The van der Waals surface area contributed by atoms with E-state index in [9.17, 15) is 4.79 Å². The zero-order chi connectivity index (χ0) is 18.6. The Labute approximate surface area is 159 Å². The fourth-order valence-electron chi connectivity index (χ4n) is 3.74. The summed E-state index contributed by atoms with van der Waals surface area (Å²) in [6.45, 7) is 2.02. The van der Waals surface area contributed by atoms with Crippen molar-refractivity contribution in [3.05, 3.63) is 84.2 Å². The zero-order valence-corrected chi connectivity index (χ0v) is 15.3. The lowest BCUT2D eigenvalue weighted by Gasteiger charge is -2.36. The van der Waals surface area contributed by atoms with E-state index in [0.29, 0.717) is 18.0 Å². The molecule has 2 heterocycles. The van der Waals surface area contributed by atoms with Crippen molar-refractivity contribution in [1.82, 2.24) is 9.47 Å². The molecule has 0 saturated carbocycles. The average molecular weight is 361 g/mol. The zero-order valence-electron chi connectivity index (χ0n) is 15.3. The predicted molar refractivity (Wildman–Crippen MR) is 106 cm³/mol. The third-order valence-corrected chi connectivity index (χ3v) is 4.98. The summed E-state index contributed by atoms with van der Waals surface area (Å²) in [5.74, 6) is 0.624. The van der Waals surface area contributed by atoms with Crippen molar-refractivity contribution in [2.75, 3.05) is 25.5 Å². The van der Waals surface area contributed by atoms with Gasteiger partial charge in [0.25, 0.3) is 0 Å². The second-order valence-electron chi connectivity index (χ2n) is 6.66. The molecule has 138 valence electrons. The number of amides is 1. The summed E-state index contributed by atoms with van der Waals surface area (Å²) in [4.78, 5) is 15.0. The van der Waals surface area contributed by atoms with E-state index in [2.05, 4.69) is 45.2 Å². The van der Waals surface area contributed by atoms with E-state index in [1.54, 1.807) is 7.11 Å². The topological polar surface area (TPSA) is 46.5 Å². The van der Waals surface area contributed by atoms with E-state index in [0.717, 1.165) is 13.1 Å². The van der Waals surface area contributed by atoms with Gasteiger partial charge < -0.3 is 14.6 Å². The molecule has 5 nitrogen and oxygen atoms in total. The van der Waals surface area contributed by atoms with Gasteiger partial charge in [0.15, 0.2) is 0 Å². The van der Waals surface area contributed by atoms with E-state index in [1.807, 2.05) is 42.5 Å². The molecule has 27 heavy (non-hydrogen) atoms. The van der Waals surface area contributed by atoms with Crippen LogP contribution in [0.3, 0.4) is 0 Å². The smallest absolute Gasteiger partial charge is 0.238 e. The van der Waals surface area contributed by atoms with Gasteiger partial charge in [-0.15, -0.1) is 0 Å². The van der Waals surface area contributed by atoms with Crippen molar-refractivity contribution in [3.63, 3.8) is 0 Å². The van der Waals surface area contributed by atoms with Gasteiger partial charge in [0, 0.05) is 25.0 Å². The van der Waals surface area contributed by atoms with E-state index in [4.69, 9.17) is 4.74 Å². The summed E-state index contributed by atoms with van der Waals surface area (Å²) in [5, 5.41) is 2.99. The van der Waals surface area contributed by atoms with Crippen molar-refractivity contribution in [2.24, 2.45) is 0 Å². The minimum atomic E-state index is -0.0413. The third-order valence-electron chi connectivity index (χ3n) is 4.98. The molecule has 1 atom stereocenters. The largest absolute Gasteiger partial charge is 0.495 e. The number of carbonyl (C=O) groups is 1. The number of aromatic nitrogens is 1. The summed E-state index contributed by atoms with van der Waals surface area (Å²) >= 11 is 0. The molecule has 0 spiro atoms. The number of rotatable bonds is 5. The maximum atomic E-state index is 12.8. The first-order chi connectivity index (χ1) is 13.3. The number of para-hydroxylation sites is 2. The lowest BCUT2D eigenvalue weighted by atomic mass is 10.00. The highest BCUT2D eigenvalue weighted by Gasteiger charge is 2.30. The Hall–Kier alpha value is -3.05. The molecule has 2 aromatic carbocycles. The number of carbonyl (C=O) groups excluding carboxylic acids is 1. The van der Waals surface area contributed by atoms with Gasteiger partial charge in [0.1, 0.15) is 5.75 Å². The van der Waals surface area contributed by atoms with Gasteiger partial charge in [0.2, 0.25) is 5.91 Å². The van der Waals surface area contributed by atoms with Crippen molar-refractivity contribution < 1.29 is 9.53 Å². The molecule has 0 aliphatic carbocycles. The van der Waals surface area contributed by atoms with Gasteiger partial charge in [-0.25, -0.2) is 0 Å². The van der Waals surface area contributed by atoms with Gasteiger partial charge in [-0.3, -0.25) is 9.69 Å². The fraction of sp³-hybridized carbons (Fsp3) is 0.227. The van der Waals surface area contributed by atoms with E-state index < -0.39 is 0 Å². The first-order valence-corrected chi connectivity index (χ1v) is 9.13. The molecule has 3 aromatic rings. The Morgan fingerprint density at radius 1 is 1.04 bits per heavy atom. The lowest BCUT2D eigenvalue weighted by molar-refractivity contribution is -0.118. The van der Waals surface area contributed by atoms with Crippen LogP contribution in [-0.2, 0) is 11.3 Å². The van der Waals surface area contributed by atoms with E-state index >= 15 is 0 Å². The second-order valence-corrected chi connectivity index (χ2v) is 6.66. The second kappa shape index (κ2) is 7.68. The van der Waals surface area contributed by atoms with Gasteiger partial charge in [-0.05, 0) is 29.8 Å². The predicted octanol–water partition coefficient (Wildman–Crippen LogP) is 3.54. The number of fused-ring (bicyclic) bond motifs is 1. The van der Waals surface area contributed by atoms with Crippen LogP contribution in [0.4, 0.5) is 5.69 Å². The van der Waals surface area contributed by atoms with Crippen LogP contribution in [-0.4, -0.2) is 35.6 Å². The minimum absolute atomic E-state index is 0.0413. The Kier molecular flexibility index (Phi) is 4.94. The van der Waals surface area contributed by atoms with Crippen LogP contribution in [0.2, 0.25) is 0 Å². The number of anilines is 1. The molecule has 1 aromatic heterocycles. The molecule has 1 unspecified atom stereocenters. The fourth-order valence-corrected chi connectivity index (χ4v) is 3.74. The minimum Gasteiger partial charge on any atom is -0.495 e. The van der Waals surface area contributed by atoms with Crippen LogP contribution in [0.25, 0.3) is 0 Å². The van der Waals surface area contributed by atoms with Gasteiger partial charge in [-0.2, -0.15) is 0 Å². The molecule has 0 radical (unpaired) electrons. The molecule has 0 fully saturated rings. The molecule has 1 N–H and O–H groups in total. The standard InChI is InChI=1S/C22H23N3O2/c1-27-20-12-6-5-10-18(20)23-21(26)16-25-15-14-24-13-7-11-19(24)22(25)17-8-3-2-4-9-17/h2-13,22H,14-16H2,1H3,(H,23,26). The third kappa shape index (κ3) is 3.59. The molecule has 1 amide bonds. The summed E-state index contributed by atoms with van der Waals surface area (Å²) in [6.07, 6.45) is 2.11. The molecular formula is C22H23N3O2. The van der Waals surface area contributed by atoms with Crippen LogP contribution in [0.1, 0.15) is 17.3 Å². The average Bonchev–Trinajstić information content (AvgIpc) is 3.17. The van der Waals surface area contributed by atoms with Crippen LogP contribution in [0.15, 0.2) is 72.9 Å². The molecule has 1 aliphatic rings. The van der Waals surface area contributed by atoms with Crippen LogP contribution in [0, 0.1) is 0 Å². The van der Waals surface area contributed by atoms with Crippen molar-refractivity contribution in [2.45, 2.75) is 12.6 Å².